The van der Waals surface area contributed by atoms with Crippen LogP contribution in [0.3, 0.4) is 0 Å². The summed E-state index contributed by atoms with van der Waals surface area (Å²) in [7, 11) is -3.80. The number of hydrogen-bond donors (Lipinski definition) is 3. The molecule has 4 aromatic rings. The monoisotopic (exact) mass is 640 g/mol. The Balaban J connectivity index is 1.38. The maximum absolute atomic E-state index is 15.2. The van der Waals surface area contributed by atoms with Gasteiger partial charge in [0, 0.05) is 48.9 Å². The molecule has 1 aliphatic heterocycles. The molecule has 1 fully saturated rings. The molecule has 0 radical (unpaired) electrons. The normalized spacial score (nSPS) is 17.0. The standard InChI is InChI=1S/C33H32F4N4O3S/c34-23-11-9-21(10-12-23)31(22-17-24(35)19-25(36)18-22)32(38)33(42)40-30-8-4-7-29(37)28(30)14-13-26-20-39-15-16-41(26)45(43,44)27-5-2-1-3-6-27/h1-12,17-19,26,31-32,39H,13-16,20,38H2,(H,40,42)/t26-,31?,32-/m0/s1. The smallest absolute Gasteiger partial charge is 0.243 e. The highest BCUT2D eigenvalue weighted by molar-refractivity contribution is 7.89. The van der Waals surface area contributed by atoms with Crippen LogP contribution in [0.1, 0.15) is 29.0 Å². The lowest BCUT2D eigenvalue weighted by Gasteiger charge is -2.35. The van der Waals surface area contributed by atoms with Gasteiger partial charge in [-0.25, -0.2) is 26.0 Å². The summed E-state index contributed by atoms with van der Waals surface area (Å²) < 4.78 is 85.5. The first-order chi connectivity index (χ1) is 21.5. The largest absolute Gasteiger partial charge is 0.324 e. The van der Waals surface area contributed by atoms with Gasteiger partial charge in [0.05, 0.1) is 10.9 Å². The Morgan fingerprint density at radius 2 is 1.58 bits per heavy atom. The van der Waals surface area contributed by atoms with Crippen LogP contribution < -0.4 is 16.4 Å². The third kappa shape index (κ3) is 7.42. The minimum Gasteiger partial charge on any atom is -0.324 e. The average molecular weight is 641 g/mol. The number of carbonyl (C=O) groups is 1. The molecule has 0 aromatic heterocycles. The summed E-state index contributed by atoms with van der Waals surface area (Å²) in [5.41, 5.74) is 7.06. The highest BCUT2D eigenvalue weighted by Crippen LogP contribution is 2.31. The average Bonchev–Trinajstić information content (AvgIpc) is 3.02. The zero-order valence-electron chi connectivity index (χ0n) is 24.1. The number of rotatable bonds is 10. The van der Waals surface area contributed by atoms with Crippen LogP contribution in [-0.2, 0) is 21.2 Å². The first-order valence-corrected chi connectivity index (χ1v) is 15.8. The van der Waals surface area contributed by atoms with E-state index in [1.165, 1.54) is 46.8 Å². The highest BCUT2D eigenvalue weighted by Gasteiger charge is 2.34. The van der Waals surface area contributed by atoms with Crippen molar-refractivity contribution in [3.63, 3.8) is 0 Å². The molecule has 4 aromatic carbocycles. The van der Waals surface area contributed by atoms with Gasteiger partial charge in [-0.05, 0) is 72.5 Å². The third-order valence-corrected chi connectivity index (χ3v) is 9.85. The Morgan fingerprint density at radius 3 is 2.27 bits per heavy atom. The summed E-state index contributed by atoms with van der Waals surface area (Å²) in [4.78, 5) is 13.7. The summed E-state index contributed by atoms with van der Waals surface area (Å²) >= 11 is 0. The number of carbonyl (C=O) groups excluding carboxylic acids is 1. The minimum absolute atomic E-state index is 0.0609. The second kappa shape index (κ2) is 13.9. The number of hydrogen-bond acceptors (Lipinski definition) is 5. The maximum Gasteiger partial charge on any atom is 0.243 e. The molecular formula is C33H32F4N4O3S. The van der Waals surface area contributed by atoms with Crippen LogP contribution in [0.4, 0.5) is 23.2 Å². The van der Waals surface area contributed by atoms with E-state index in [0.717, 1.165) is 24.3 Å². The van der Waals surface area contributed by atoms with Crippen molar-refractivity contribution in [1.82, 2.24) is 9.62 Å². The van der Waals surface area contributed by atoms with E-state index in [9.17, 15) is 26.4 Å². The predicted octanol–water partition coefficient (Wildman–Crippen LogP) is 4.94. The fraction of sp³-hybridized carbons (Fsp3) is 0.242. The third-order valence-electron chi connectivity index (χ3n) is 7.89. The molecule has 1 heterocycles. The van der Waals surface area contributed by atoms with Crippen molar-refractivity contribution >= 4 is 21.6 Å². The lowest BCUT2D eigenvalue weighted by Crippen LogP contribution is -2.53. The van der Waals surface area contributed by atoms with Crippen molar-refractivity contribution in [3.05, 3.63) is 131 Å². The van der Waals surface area contributed by atoms with Gasteiger partial charge in [0.15, 0.2) is 0 Å². The number of nitrogens with two attached hydrogens (primary N) is 1. The van der Waals surface area contributed by atoms with Crippen LogP contribution in [0.2, 0.25) is 0 Å². The SMILES string of the molecule is N[C@H](C(=O)Nc1cccc(F)c1CC[C@H]1CNCCN1S(=O)(=O)c1ccccc1)C(c1ccc(F)cc1)c1cc(F)cc(F)c1. The molecule has 0 saturated carbocycles. The van der Waals surface area contributed by atoms with Gasteiger partial charge < -0.3 is 16.4 Å². The number of sulfonamides is 1. The van der Waals surface area contributed by atoms with Crippen LogP contribution >= 0.6 is 0 Å². The molecule has 0 aliphatic carbocycles. The Labute approximate surface area is 259 Å². The van der Waals surface area contributed by atoms with Crippen LogP contribution in [-0.4, -0.2) is 50.3 Å². The number of piperazine rings is 1. The Bertz CT molecular complexity index is 1740. The first-order valence-electron chi connectivity index (χ1n) is 14.4. The molecule has 45 heavy (non-hydrogen) atoms. The lowest BCUT2D eigenvalue weighted by atomic mass is 9.84. The number of nitrogens with one attached hydrogen (secondary N) is 2. The highest BCUT2D eigenvalue weighted by atomic mass is 32.2. The summed E-state index contributed by atoms with van der Waals surface area (Å²) in [6.07, 6.45) is 0.330. The molecule has 1 saturated heterocycles. The molecule has 0 bridgehead atoms. The molecule has 4 N–H and O–H groups in total. The van der Waals surface area contributed by atoms with Gasteiger partial charge >= 0.3 is 0 Å². The number of benzene rings is 4. The van der Waals surface area contributed by atoms with Crippen LogP contribution in [0.5, 0.6) is 0 Å². The van der Waals surface area contributed by atoms with Gasteiger partial charge in [-0.2, -0.15) is 4.31 Å². The van der Waals surface area contributed by atoms with Gasteiger partial charge in [-0.3, -0.25) is 4.79 Å². The molecule has 12 heteroatoms. The van der Waals surface area contributed by atoms with E-state index in [4.69, 9.17) is 5.73 Å². The fourth-order valence-electron chi connectivity index (χ4n) is 5.67. The molecule has 7 nitrogen and oxygen atoms in total. The predicted molar refractivity (Wildman–Crippen MR) is 163 cm³/mol. The van der Waals surface area contributed by atoms with E-state index in [1.807, 2.05) is 0 Å². The molecule has 3 atom stereocenters. The minimum atomic E-state index is -3.80. The van der Waals surface area contributed by atoms with E-state index >= 15 is 4.39 Å². The van der Waals surface area contributed by atoms with Gasteiger partial charge in [0.25, 0.3) is 0 Å². The van der Waals surface area contributed by atoms with Crippen molar-refractivity contribution in [2.24, 2.45) is 5.73 Å². The molecule has 0 spiro atoms. The van der Waals surface area contributed by atoms with Gasteiger partial charge in [0.1, 0.15) is 23.3 Å². The van der Waals surface area contributed by atoms with E-state index in [2.05, 4.69) is 10.6 Å². The van der Waals surface area contributed by atoms with Gasteiger partial charge in [-0.15, -0.1) is 0 Å². The topological polar surface area (TPSA) is 105 Å². The number of anilines is 1. The number of nitrogens with zero attached hydrogens (tertiary/aromatic N) is 1. The molecule has 1 unspecified atom stereocenters. The van der Waals surface area contributed by atoms with E-state index < -0.39 is 57.2 Å². The Kier molecular flexibility index (Phi) is 9.98. The Hall–Kier alpha value is -4.10. The number of amides is 1. The summed E-state index contributed by atoms with van der Waals surface area (Å²) in [6, 6.07) is 18.1. The van der Waals surface area contributed by atoms with Crippen LogP contribution in [0.15, 0.2) is 95.9 Å². The molecule has 1 amide bonds. The van der Waals surface area contributed by atoms with Crippen LogP contribution in [0, 0.1) is 23.3 Å². The molecule has 1 aliphatic rings. The van der Waals surface area contributed by atoms with Gasteiger partial charge in [0.2, 0.25) is 15.9 Å². The fourth-order valence-corrected chi connectivity index (χ4v) is 7.35. The maximum atomic E-state index is 15.2. The summed E-state index contributed by atoms with van der Waals surface area (Å²) in [5.74, 6) is -4.75. The summed E-state index contributed by atoms with van der Waals surface area (Å²) in [6.45, 7) is 1.06. The van der Waals surface area contributed by atoms with Crippen molar-refractivity contribution < 1.29 is 30.8 Å². The Morgan fingerprint density at radius 1 is 0.889 bits per heavy atom. The second-order valence-electron chi connectivity index (χ2n) is 10.8. The molecule has 5 rings (SSSR count). The van der Waals surface area contributed by atoms with Crippen molar-refractivity contribution in [3.8, 4) is 0 Å². The summed E-state index contributed by atoms with van der Waals surface area (Å²) in [5, 5.41) is 5.85. The zero-order chi connectivity index (χ0) is 32.1. The van der Waals surface area contributed by atoms with E-state index in [-0.39, 0.29) is 41.1 Å². The number of halogens is 4. The van der Waals surface area contributed by atoms with Gasteiger partial charge in [-0.1, -0.05) is 36.4 Å². The lowest BCUT2D eigenvalue weighted by molar-refractivity contribution is -0.117. The van der Waals surface area contributed by atoms with Crippen LogP contribution in [0.25, 0.3) is 0 Å². The zero-order valence-corrected chi connectivity index (χ0v) is 24.9. The quantitative estimate of drug-likeness (QED) is 0.213. The van der Waals surface area contributed by atoms with E-state index in [1.54, 1.807) is 18.2 Å². The first kappa shape index (κ1) is 32.3. The molecule has 236 valence electrons. The molecular weight excluding hydrogens is 608 g/mol. The van der Waals surface area contributed by atoms with Crippen molar-refractivity contribution in [1.29, 1.82) is 0 Å². The van der Waals surface area contributed by atoms with E-state index in [0.29, 0.717) is 24.7 Å². The second-order valence-corrected chi connectivity index (χ2v) is 12.7. The van der Waals surface area contributed by atoms with Crippen molar-refractivity contribution in [2.45, 2.75) is 35.7 Å². The van der Waals surface area contributed by atoms with Crippen molar-refractivity contribution in [2.75, 3.05) is 25.0 Å².